The maximum absolute atomic E-state index is 11.4. The predicted octanol–water partition coefficient (Wildman–Crippen LogP) is 2.50. The molecule has 0 amide bonds. The van der Waals surface area contributed by atoms with E-state index in [0.29, 0.717) is 22.6 Å². The van der Waals surface area contributed by atoms with Gasteiger partial charge in [0.2, 0.25) is 0 Å². The number of carboxylic acids is 1. The number of rotatable bonds is 4. The molecule has 0 spiro atoms. The van der Waals surface area contributed by atoms with E-state index in [1.165, 1.54) is 6.07 Å². The van der Waals surface area contributed by atoms with Gasteiger partial charge in [0.1, 0.15) is 5.82 Å². The third kappa shape index (κ3) is 3.12. The standard InChI is InChI=1S/C15H13N3O2/c1-10-7-11(9-16)8-13(17-10)18-14(15(19)20)12-5-3-2-4-6-12/h2-8,14H,1H3,(H,17,18)(H,19,20). The summed E-state index contributed by atoms with van der Waals surface area (Å²) in [7, 11) is 0. The summed E-state index contributed by atoms with van der Waals surface area (Å²) in [5, 5.41) is 21.1. The minimum atomic E-state index is -1.00. The number of aryl methyl sites for hydroxylation is 1. The Morgan fingerprint density at radius 3 is 2.65 bits per heavy atom. The van der Waals surface area contributed by atoms with E-state index in [0.717, 1.165) is 0 Å². The first-order valence-electron chi connectivity index (χ1n) is 6.03. The van der Waals surface area contributed by atoms with Gasteiger partial charge in [0.25, 0.3) is 0 Å². The van der Waals surface area contributed by atoms with Crippen molar-refractivity contribution in [3.63, 3.8) is 0 Å². The van der Waals surface area contributed by atoms with Crippen LogP contribution in [-0.4, -0.2) is 16.1 Å². The summed E-state index contributed by atoms with van der Waals surface area (Å²) in [6, 6.07) is 13.1. The molecule has 0 aliphatic rings. The average Bonchev–Trinajstić information content (AvgIpc) is 2.44. The molecule has 20 heavy (non-hydrogen) atoms. The van der Waals surface area contributed by atoms with Gasteiger partial charge in [-0.05, 0) is 24.6 Å². The van der Waals surface area contributed by atoms with Crippen LogP contribution in [0.5, 0.6) is 0 Å². The van der Waals surface area contributed by atoms with Crippen molar-refractivity contribution in [2.24, 2.45) is 0 Å². The Morgan fingerprint density at radius 2 is 2.05 bits per heavy atom. The van der Waals surface area contributed by atoms with Gasteiger partial charge in [-0.3, -0.25) is 0 Å². The number of nitrogens with zero attached hydrogens (tertiary/aromatic N) is 2. The van der Waals surface area contributed by atoms with Crippen LogP contribution in [0.2, 0.25) is 0 Å². The molecule has 2 rings (SSSR count). The zero-order chi connectivity index (χ0) is 14.5. The number of aromatic nitrogens is 1. The van der Waals surface area contributed by atoms with Crippen molar-refractivity contribution in [2.75, 3.05) is 5.32 Å². The highest BCUT2D eigenvalue weighted by Gasteiger charge is 2.20. The third-order valence-electron chi connectivity index (χ3n) is 2.75. The number of carbonyl (C=O) groups is 1. The van der Waals surface area contributed by atoms with Crippen molar-refractivity contribution in [3.05, 3.63) is 59.3 Å². The molecule has 0 aliphatic carbocycles. The number of hydrogen-bond donors (Lipinski definition) is 2. The monoisotopic (exact) mass is 267 g/mol. The van der Waals surface area contributed by atoms with E-state index in [2.05, 4.69) is 10.3 Å². The van der Waals surface area contributed by atoms with Crippen LogP contribution in [0.4, 0.5) is 5.82 Å². The predicted molar refractivity (Wildman–Crippen MR) is 74.1 cm³/mol. The van der Waals surface area contributed by atoms with Gasteiger partial charge in [0.15, 0.2) is 6.04 Å². The Balaban J connectivity index is 2.32. The number of carboxylic acid groups (broad SMARTS) is 1. The fourth-order valence-corrected chi connectivity index (χ4v) is 1.89. The summed E-state index contributed by atoms with van der Waals surface area (Å²) in [6.45, 7) is 1.75. The highest BCUT2D eigenvalue weighted by molar-refractivity contribution is 5.79. The molecule has 5 heteroatoms. The van der Waals surface area contributed by atoms with Crippen LogP contribution >= 0.6 is 0 Å². The lowest BCUT2D eigenvalue weighted by molar-refractivity contribution is -0.138. The van der Waals surface area contributed by atoms with Gasteiger partial charge in [-0.1, -0.05) is 30.3 Å². The molecule has 1 atom stereocenters. The molecule has 0 bridgehead atoms. The fourth-order valence-electron chi connectivity index (χ4n) is 1.89. The number of nitrogens with one attached hydrogen (secondary N) is 1. The topological polar surface area (TPSA) is 86.0 Å². The smallest absolute Gasteiger partial charge is 0.330 e. The van der Waals surface area contributed by atoms with Crippen LogP contribution in [-0.2, 0) is 4.79 Å². The van der Waals surface area contributed by atoms with Gasteiger partial charge in [0.05, 0.1) is 11.6 Å². The van der Waals surface area contributed by atoms with E-state index in [1.807, 2.05) is 12.1 Å². The number of hydrogen-bond acceptors (Lipinski definition) is 4. The van der Waals surface area contributed by atoms with E-state index in [9.17, 15) is 9.90 Å². The SMILES string of the molecule is Cc1cc(C#N)cc(NC(C(=O)O)c2ccccc2)n1. The molecule has 2 aromatic rings. The molecule has 1 unspecified atom stereocenters. The molecule has 2 N–H and O–H groups in total. The number of pyridine rings is 1. The summed E-state index contributed by atoms with van der Waals surface area (Å²) >= 11 is 0. The Hall–Kier alpha value is -2.87. The van der Waals surface area contributed by atoms with Crippen molar-refractivity contribution in [3.8, 4) is 6.07 Å². The Labute approximate surface area is 116 Å². The molecule has 0 saturated heterocycles. The summed E-state index contributed by atoms with van der Waals surface area (Å²) in [5.41, 5.74) is 1.72. The van der Waals surface area contributed by atoms with Gasteiger partial charge < -0.3 is 10.4 Å². The Morgan fingerprint density at radius 1 is 1.35 bits per heavy atom. The van der Waals surface area contributed by atoms with E-state index in [-0.39, 0.29) is 0 Å². The molecule has 1 aromatic carbocycles. The molecule has 0 radical (unpaired) electrons. The van der Waals surface area contributed by atoms with Crippen molar-refractivity contribution >= 4 is 11.8 Å². The van der Waals surface area contributed by atoms with Gasteiger partial charge in [-0.15, -0.1) is 0 Å². The summed E-state index contributed by atoms with van der Waals surface area (Å²) in [4.78, 5) is 15.6. The zero-order valence-electron chi connectivity index (χ0n) is 10.9. The Bertz CT molecular complexity index is 663. The second-order valence-corrected chi connectivity index (χ2v) is 4.32. The lowest BCUT2D eigenvalue weighted by Crippen LogP contribution is -2.21. The molecule has 1 aromatic heterocycles. The van der Waals surface area contributed by atoms with Crippen LogP contribution < -0.4 is 5.32 Å². The zero-order valence-corrected chi connectivity index (χ0v) is 10.9. The summed E-state index contributed by atoms with van der Waals surface area (Å²) < 4.78 is 0. The lowest BCUT2D eigenvalue weighted by atomic mass is 10.1. The number of anilines is 1. The van der Waals surface area contributed by atoms with E-state index >= 15 is 0 Å². The molecule has 0 saturated carbocycles. The second kappa shape index (κ2) is 5.85. The first-order chi connectivity index (χ1) is 9.60. The molecule has 100 valence electrons. The number of benzene rings is 1. The molecule has 0 fully saturated rings. The normalized spacial score (nSPS) is 11.4. The maximum Gasteiger partial charge on any atom is 0.330 e. The van der Waals surface area contributed by atoms with Crippen molar-refractivity contribution in [1.29, 1.82) is 5.26 Å². The fraction of sp³-hybridized carbons (Fsp3) is 0.133. The van der Waals surface area contributed by atoms with Gasteiger partial charge in [0, 0.05) is 5.69 Å². The minimum Gasteiger partial charge on any atom is -0.479 e. The van der Waals surface area contributed by atoms with Gasteiger partial charge in [-0.2, -0.15) is 5.26 Å². The average molecular weight is 267 g/mol. The third-order valence-corrected chi connectivity index (χ3v) is 2.75. The first kappa shape index (κ1) is 13.6. The molecule has 0 aliphatic heterocycles. The maximum atomic E-state index is 11.4. The van der Waals surface area contributed by atoms with Crippen LogP contribution in [0.15, 0.2) is 42.5 Å². The van der Waals surface area contributed by atoms with Crippen LogP contribution in [0.1, 0.15) is 22.9 Å². The summed E-state index contributed by atoms with van der Waals surface area (Å²) in [6.07, 6.45) is 0. The van der Waals surface area contributed by atoms with Gasteiger partial charge in [-0.25, -0.2) is 9.78 Å². The van der Waals surface area contributed by atoms with E-state index in [4.69, 9.17) is 5.26 Å². The molecule has 5 nitrogen and oxygen atoms in total. The summed E-state index contributed by atoms with van der Waals surface area (Å²) in [5.74, 6) is -0.629. The van der Waals surface area contributed by atoms with Gasteiger partial charge >= 0.3 is 5.97 Å². The van der Waals surface area contributed by atoms with Crippen LogP contribution in [0, 0.1) is 18.3 Å². The van der Waals surface area contributed by atoms with E-state index < -0.39 is 12.0 Å². The molecular weight excluding hydrogens is 254 g/mol. The van der Waals surface area contributed by atoms with Crippen LogP contribution in [0.25, 0.3) is 0 Å². The largest absolute Gasteiger partial charge is 0.479 e. The second-order valence-electron chi connectivity index (χ2n) is 4.32. The first-order valence-corrected chi connectivity index (χ1v) is 6.03. The molecule has 1 heterocycles. The van der Waals surface area contributed by atoms with Crippen molar-refractivity contribution < 1.29 is 9.90 Å². The highest BCUT2D eigenvalue weighted by Crippen LogP contribution is 2.19. The lowest BCUT2D eigenvalue weighted by Gasteiger charge is -2.16. The van der Waals surface area contributed by atoms with Crippen molar-refractivity contribution in [1.82, 2.24) is 4.98 Å². The number of nitriles is 1. The van der Waals surface area contributed by atoms with Crippen molar-refractivity contribution in [2.45, 2.75) is 13.0 Å². The highest BCUT2D eigenvalue weighted by atomic mass is 16.4. The van der Waals surface area contributed by atoms with E-state index in [1.54, 1.807) is 37.3 Å². The quantitative estimate of drug-likeness (QED) is 0.888. The minimum absolute atomic E-state index is 0.373. The Kier molecular flexibility index (Phi) is 3.96. The van der Waals surface area contributed by atoms with Crippen LogP contribution in [0.3, 0.4) is 0 Å². The number of aliphatic carboxylic acids is 1. The molecular formula is C15H13N3O2.